The highest BCUT2D eigenvalue weighted by atomic mass is 16.6. The predicted octanol–water partition coefficient (Wildman–Crippen LogP) is 5.37. The van der Waals surface area contributed by atoms with E-state index in [4.69, 9.17) is 0 Å². The van der Waals surface area contributed by atoms with Gasteiger partial charge in [-0.05, 0) is 42.7 Å². The molecule has 38 heavy (non-hydrogen) atoms. The van der Waals surface area contributed by atoms with E-state index >= 15 is 0 Å². The van der Waals surface area contributed by atoms with Crippen molar-refractivity contribution in [1.29, 1.82) is 0 Å². The van der Waals surface area contributed by atoms with Crippen molar-refractivity contribution in [2.75, 3.05) is 18.0 Å². The summed E-state index contributed by atoms with van der Waals surface area (Å²) >= 11 is 0. The van der Waals surface area contributed by atoms with Crippen LogP contribution in [-0.2, 0) is 6.54 Å². The number of pyridine rings is 1. The number of amides is 1. The minimum Gasteiger partial charge on any atom is -0.503 e. The molecular formula is C29H30N4O5. The monoisotopic (exact) mass is 514 g/mol. The number of carbonyl (C=O) groups is 1. The topological polar surface area (TPSA) is 129 Å². The Hall–Kier alpha value is -4.66. The Kier molecular flexibility index (Phi) is 8.06. The van der Waals surface area contributed by atoms with Crippen LogP contribution in [0.25, 0.3) is 22.2 Å². The number of nitro benzene ring substituents is 1. The van der Waals surface area contributed by atoms with Crippen molar-refractivity contribution >= 4 is 28.2 Å². The Labute approximate surface area is 219 Å². The van der Waals surface area contributed by atoms with E-state index in [0.717, 1.165) is 18.4 Å². The number of nitrogens with zero attached hydrogens (tertiary/aromatic N) is 2. The number of H-pyrrole nitrogens is 1. The number of rotatable bonds is 10. The van der Waals surface area contributed by atoms with Crippen LogP contribution in [0.15, 0.2) is 71.5 Å². The fraction of sp³-hybridized carbons (Fsp3) is 0.241. The zero-order chi connectivity index (χ0) is 27.2. The van der Waals surface area contributed by atoms with Crippen LogP contribution in [-0.4, -0.2) is 34.0 Å². The Morgan fingerprint density at radius 1 is 1.03 bits per heavy atom. The second kappa shape index (κ2) is 11.6. The molecule has 4 aromatic rings. The standard InChI is InChI=1S/C29H30N4O5/c1-3-14-32(15-4-2)24-13-11-20(17-25(24)33(37)38)26-28(35)27(34)22-12-10-21(16-23(22)31-26)29(36)30-18-19-8-6-5-7-9-19/h5-13,16-17,35H,3-4,14-15,18H2,1-2H3,(H,30,36)(H,31,34). The molecule has 0 radical (unpaired) electrons. The van der Waals surface area contributed by atoms with E-state index in [2.05, 4.69) is 10.3 Å². The van der Waals surface area contributed by atoms with E-state index in [1.165, 1.54) is 24.3 Å². The fourth-order valence-electron chi connectivity index (χ4n) is 4.50. The fourth-order valence-corrected chi connectivity index (χ4v) is 4.50. The van der Waals surface area contributed by atoms with Crippen LogP contribution in [0.3, 0.4) is 0 Å². The van der Waals surface area contributed by atoms with Crippen LogP contribution in [0.1, 0.15) is 42.6 Å². The van der Waals surface area contributed by atoms with Gasteiger partial charge in [-0.2, -0.15) is 0 Å². The number of hydrogen-bond acceptors (Lipinski definition) is 6. The lowest BCUT2D eigenvalue weighted by Gasteiger charge is -2.23. The predicted molar refractivity (Wildman–Crippen MR) is 149 cm³/mol. The SMILES string of the molecule is CCCN(CCC)c1ccc(-c2[nH]c3cc(C(=O)NCc4ccccc4)ccc3c(=O)c2O)cc1[N+](=O)[O-]. The molecule has 0 aliphatic heterocycles. The van der Waals surface area contributed by atoms with Crippen molar-refractivity contribution in [2.45, 2.75) is 33.2 Å². The Bertz CT molecular complexity index is 1530. The van der Waals surface area contributed by atoms with Crippen molar-refractivity contribution in [3.05, 3.63) is 98.2 Å². The number of nitrogens with one attached hydrogen (secondary N) is 2. The summed E-state index contributed by atoms with van der Waals surface area (Å²) in [6, 6.07) is 18.7. The van der Waals surface area contributed by atoms with Gasteiger partial charge in [0.1, 0.15) is 5.69 Å². The number of aromatic amines is 1. The van der Waals surface area contributed by atoms with E-state index in [0.29, 0.717) is 42.0 Å². The molecule has 9 heteroatoms. The molecule has 0 atom stereocenters. The first-order valence-corrected chi connectivity index (χ1v) is 12.6. The van der Waals surface area contributed by atoms with Gasteiger partial charge in [0.15, 0.2) is 5.75 Å². The zero-order valence-corrected chi connectivity index (χ0v) is 21.4. The highest BCUT2D eigenvalue weighted by molar-refractivity contribution is 5.98. The second-order valence-corrected chi connectivity index (χ2v) is 9.05. The lowest BCUT2D eigenvalue weighted by Crippen LogP contribution is -2.25. The molecule has 0 spiro atoms. The number of anilines is 1. The summed E-state index contributed by atoms with van der Waals surface area (Å²) in [5.74, 6) is -0.863. The minimum absolute atomic E-state index is 0.0523. The number of benzene rings is 3. The number of fused-ring (bicyclic) bond motifs is 1. The lowest BCUT2D eigenvalue weighted by atomic mass is 10.0. The van der Waals surface area contributed by atoms with Gasteiger partial charge in [0, 0.05) is 42.2 Å². The molecule has 0 saturated heterocycles. The van der Waals surface area contributed by atoms with E-state index in [1.54, 1.807) is 12.1 Å². The van der Waals surface area contributed by atoms with E-state index < -0.39 is 16.1 Å². The number of aromatic hydroxyl groups is 1. The molecule has 3 N–H and O–H groups in total. The molecule has 0 unspecified atom stereocenters. The molecule has 4 rings (SSSR count). The minimum atomic E-state index is -0.629. The average molecular weight is 515 g/mol. The molecule has 0 aliphatic carbocycles. The van der Waals surface area contributed by atoms with Crippen molar-refractivity contribution < 1.29 is 14.8 Å². The number of carbonyl (C=O) groups excluding carboxylic acids is 1. The van der Waals surface area contributed by atoms with Gasteiger partial charge < -0.3 is 20.3 Å². The van der Waals surface area contributed by atoms with Gasteiger partial charge in [0.2, 0.25) is 5.43 Å². The second-order valence-electron chi connectivity index (χ2n) is 9.05. The average Bonchev–Trinajstić information content (AvgIpc) is 2.93. The highest BCUT2D eigenvalue weighted by Gasteiger charge is 2.22. The van der Waals surface area contributed by atoms with E-state index in [-0.39, 0.29) is 22.7 Å². The van der Waals surface area contributed by atoms with Gasteiger partial charge in [-0.15, -0.1) is 0 Å². The molecule has 1 amide bonds. The first-order valence-electron chi connectivity index (χ1n) is 12.6. The molecular weight excluding hydrogens is 484 g/mol. The van der Waals surface area contributed by atoms with Crippen molar-refractivity contribution in [3.63, 3.8) is 0 Å². The van der Waals surface area contributed by atoms with Crippen LogP contribution in [0.5, 0.6) is 5.75 Å². The Morgan fingerprint density at radius 3 is 2.39 bits per heavy atom. The number of aromatic nitrogens is 1. The van der Waals surface area contributed by atoms with Crippen LogP contribution < -0.4 is 15.6 Å². The maximum absolute atomic E-state index is 13.0. The first kappa shape index (κ1) is 26.4. The maximum atomic E-state index is 13.0. The molecule has 0 aliphatic rings. The van der Waals surface area contributed by atoms with Gasteiger partial charge >= 0.3 is 0 Å². The summed E-state index contributed by atoms with van der Waals surface area (Å²) in [6.45, 7) is 5.70. The molecule has 1 heterocycles. The van der Waals surface area contributed by atoms with Gasteiger partial charge in [0.05, 0.1) is 16.1 Å². The molecule has 3 aromatic carbocycles. The van der Waals surface area contributed by atoms with Crippen LogP contribution in [0, 0.1) is 10.1 Å². The zero-order valence-electron chi connectivity index (χ0n) is 21.4. The molecule has 1 aromatic heterocycles. The summed E-state index contributed by atoms with van der Waals surface area (Å²) in [5, 5.41) is 25.7. The normalized spacial score (nSPS) is 10.9. The molecule has 196 valence electrons. The summed E-state index contributed by atoms with van der Waals surface area (Å²) in [5.41, 5.74) is 1.71. The van der Waals surface area contributed by atoms with Crippen LogP contribution >= 0.6 is 0 Å². The van der Waals surface area contributed by atoms with Crippen molar-refractivity contribution in [1.82, 2.24) is 10.3 Å². The quantitative estimate of drug-likeness (QED) is 0.193. The van der Waals surface area contributed by atoms with Gasteiger partial charge in [-0.25, -0.2) is 0 Å². The van der Waals surface area contributed by atoms with Gasteiger partial charge in [0.25, 0.3) is 11.6 Å². The molecule has 0 bridgehead atoms. The summed E-state index contributed by atoms with van der Waals surface area (Å²) in [7, 11) is 0. The molecule has 0 fully saturated rings. The maximum Gasteiger partial charge on any atom is 0.293 e. The number of hydrogen-bond donors (Lipinski definition) is 3. The Morgan fingerprint density at radius 2 is 1.74 bits per heavy atom. The Balaban J connectivity index is 1.73. The third-order valence-corrected chi connectivity index (χ3v) is 6.32. The van der Waals surface area contributed by atoms with Crippen molar-refractivity contribution in [3.8, 4) is 17.0 Å². The third-order valence-electron chi connectivity index (χ3n) is 6.32. The summed E-state index contributed by atoms with van der Waals surface area (Å²) < 4.78 is 0. The first-order chi connectivity index (χ1) is 18.3. The third kappa shape index (κ3) is 5.51. The van der Waals surface area contributed by atoms with Crippen molar-refractivity contribution in [2.24, 2.45) is 0 Å². The van der Waals surface area contributed by atoms with E-state index in [1.807, 2.05) is 49.1 Å². The van der Waals surface area contributed by atoms with Gasteiger partial charge in [-0.1, -0.05) is 50.2 Å². The van der Waals surface area contributed by atoms with E-state index in [9.17, 15) is 24.8 Å². The summed E-state index contributed by atoms with van der Waals surface area (Å²) in [6.07, 6.45) is 1.66. The largest absolute Gasteiger partial charge is 0.503 e. The van der Waals surface area contributed by atoms with Crippen LogP contribution in [0.2, 0.25) is 0 Å². The summed E-state index contributed by atoms with van der Waals surface area (Å²) in [4.78, 5) is 42.2. The lowest BCUT2D eigenvalue weighted by molar-refractivity contribution is -0.384. The molecule has 9 nitrogen and oxygen atoms in total. The number of nitro groups is 1. The smallest absolute Gasteiger partial charge is 0.293 e. The van der Waals surface area contributed by atoms with Gasteiger partial charge in [-0.3, -0.25) is 19.7 Å². The highest BCUT2D eigenvalue weighted by Crippen LogP contribution is 2.35. The van der Waals surface area contributed by atoms with Crippen LogP contribution in [0.4, 0.5) is 11.4 Å². The molecule has 0 saturated carbocycles.